The molecule has 21 heavy (non-hydrogen) atoms. The molecule has 4 heteroatoms. The number of nitrogens with one attached hydrogen (secondary N) is 1. The first kappa shape index (κ1) is 15.7. The molecule has 2 atom stereocenters. The van der Waals surface area contributed by atoms with E-state index in [0.29, 0.717) is 18.2 Å². The summed E-state index contributed by atoms with van der Waals surface area (Å²) in [5.74, 6) is -0.151. The Morgan fingerprint density at radius 3 is 2.71 bits per heavy atom. The third-order valence-electron chi connectivity index (χ3n) is 3.99. The Kier molecular flexibility index (Phi) is 5.12. The van der Waals surface area contributed by atoms with Crippen LogP contribution in [0.2, 0.25) is 0 Å². The molecule has 1 aromatic heterocycles. The van der Waals surface area contributed by atoms with E-state index in [0.717, 1.165) is 17.7 Å². The third-order valence-corrected chi connectivity index (χ3v) is 3.99. The second kappa shape index (κ2) is 6.85. The van der Waals surface area contributed by atoms with E-state index in [4.69, 9.17) is 0 Å². The van der Waals surface area contributed by atoms with Gasteiger partial charge < -0.3 is 5.32 Å². The van der Waals surface area contributed by atoms with Crippen molar-refractivity contribution in [3.05, 3.63) is 53.1 Å². The second-order valence-electron chi connectivity index (χ2n) is 5.66. The van der Waals surface area contributed by atoms with E-state index in [1.165, 1.54) is 0 Å². The molecule has 2 rings (SSSR count). The van der Waals surface area contributed by atoms with Crippen LogP contribution in [-0.4, -0.2) is 9.78 Å². The predicted molar refractivity (Wildman–Crippen MR) is 83.6 cm³/mol. The van der Waals surface area contributed by atoms with Crippen LogP contribution in [0.15, 0.2) is 30.5 Å². The van der Waals surface area contributed by atoms with Crippen molar-refractivity contribution in [3.8, 4) is 0 Å². The van der Waals surface area contributed by atoms with Crippen LogP contribution in [0.1, 0.15) is 56.1 Å². The fourth-order valence-electron chi connectivity index (χ4n) is 2.16. The minimum absolute atomic E-state index is 0.0915. The van der Waals surface area contributed by atoms with Gasteiger partial charge in [0.05, 0.1) is 5.69 Å². The first-order valence-corrected chi connectivity index (χ1v) is 7.54. The molecule has 0 amide bonds. The summed E-state index contributed by atoms with van der Waals surface area (Å²) in [6.45, 7) is 8.80. The van der Waals surface area contributed by atoms with Crippen LogP contribution in [0, 0.1) is 12.7 Å². The largest absolute Gasteiger partial charge is 0.304 e. The highest BCUT2D eigenvalue weighted by molar-refractivity contribution is 5.25. The molecule has 2 aromatic rings. The average molecular weight is 289 g/mol. The quantitative estimate of drug-likeness (QED) is 0.865. The van der Waals surface area contributed by atoms with Gasteiger partial charge in [-0.2, -0.15) is 5.10 Å². The number of halogens is 1. The topological polar surface area (TPSA) is 29.9 Å². The van der Waals surface area contributed by atoms with Crippen LogP contribution in [0.25, 0.3) is 0 Å². The summed E-state index contributed by atoms with van der Waals surface area (Å²) in [6, 6.07) is 7.93. The maximum atomic E-state index is 13.6. The van der Waals surface area contributed by atoms with Crippen molar-refractivity contribution in [2.24, 2.45) is 0 Å². The Hall–Kier alpha value is -1.68. The standard InChI is InChI=1S/C17H24FN3/c1-5-13(3)21-9-8-16(20-21)11-19-14(4)15-7-6-12(2)17(18)10-15/h6-10,13-14,19H,5,11H2,1-4H3. The molecule has 114 valence electrons. The Morgan fingerprint density at radius 2 is 2.05 bits per heavy atom. The lowest BCUT2D eigenvalue weighted by Gasteiger charge is -2.14. The van der Waals surface area contributed by atoms with E-state index in [-0.39, 0.29) is 11.9 Å². The van der Waals surface area contributed by atoms with Crippen LogP contribution < -0.4 is 5.32 Å². The summed E-state index contributed by atoms with van der Waals surface area (Å²) in [5.41, 5.74) is 2.65. The third kappa shape index (κ3) is 3.91. The average Bonchev–Trinajstić information content (AvgIpc) is 2.95. The van der Waals surface area contributed by atoms with Gasteiger partial charge in [0.2, 0.25) is 0 Å². The summed E-state index contributed by atoms with van der Waals surface area (Å²) in [5, 5.41) is 7.95. The molecule has 1 heterocycles. The Labute approximate surface area is 126 Å². The molecule has 0 fully saturated rings. The van der Waals surface area contributed by atoms with Crippen LogP contribution >= 0.6 is 0 Å². The maximum Gasteiger partial charge on any atom is 0.126 e. The predicted octanol–water partition coefficient (Wildman–Crippen LogP) is 4.15. The van der Waals surface area contributed by atoms with Crippen molar-refractivity contribution < 1.29 is 4.39 Å². The van der Waals surface area contributed by atoms with E-state index in [1.54, 1.807) is 13.0 Å². The molecule has 1 aromatic carbocycles. The first-order valence-electron chi connectivity index (χ1n) is 7.54. The SMILES string of the molecule is CCC(C)n1ccc(CNC(C)c2ccc(C)c(F)c2)n1. The van der Waals surface area contributed by atoms with Gasteiger partial charge in [0.25, 0.3) is 0 Å². The Morgan fingerprint density at radius 1 is 1.29 bits per heavy atom. The number of aryl methyl sites for hydroxylation is 1. The van der Waals surface area contributed by atoms with Gasteiger partial charge in [-0.1, -0.05) is 19.1 Å². The molecule has 1 N–H and O–H groups in total. The molecule has 0 saturated carbocycles. The zero-order valence-electron chi connectivity index (χ0n) is 13.2. The highest BCUT2D eigenvalue weighted by atomic mass is 19.1. The van der Waals surface area contributed by atoms with E-state index >= 15 is 0 Å². The molecule has 0 aliphatic rings. The highest BCUT2D eigenvalue weighted by Crippen LogP contribution is 2.17. The minimum atomic E-state index is -0.151. The van der Waals surface area contributed by atoms with Crippen molar-refractivity contribution in [1.29, 1.82) is 0 Å². The van der Waals surface area contributed by atoms with Gasteiger partial charge in [0.15, 0.2) is 0 Å². The number of hydrogen-bond acceptors (Lipinski definition) is 2. The number of benzene rings is 1. The van der Waals surface area contributed by atoms with Gasteiger partial charge >= 0.3 is 0 Å². The van der Waals surface area contributed by atoms with Crippen molar-refractivity contribution in [1.82, 2.24) is 15.1 Å². The molecular weight excluding hydrogens is 265 g/mol. The van der Waals surface area contributed by atoms with Gasteiger partial charge in [-0.3, -0.25) is 4.68 Å². The molecule has 0 spiro atoms. The first-order chi connectivity index (χ1) is 10.0. The van der Waals surface area contributed by atoms with Gasteiger partial charge in [-0.05, 0) is 50.5 Å². The van der Waals surface area contributed by atoms with Gasteiger partial charge in [0, 0.05) is 24.8 Å². The summed E-state index contributed by atoms with van der Waals surface area (Å²) in [4.78, 5) is 0. The maximum absolute atomic E-state index is 13.6. The van der Waals surface area contributed by atoms with Crippen LogP contribution in [-0.2, 0) is 6.54 Å². The van der Waals surface area contributed by atoms with Crippen molar-refractivity contribution >= 4 is 0 Å². The Bertz CT molecular complexity index is 591. The lowest BCUT2D eigenvalue weighted by molar-refractivity contribution is 0.468. The minimum Gasteiger partial charge on any atom is -0.304 e. The summed E-state index contributed by atoms with van der Waals surface area (Å²) in [7, 11) is 0. The Balaban J connectivity index is 1.95. The highest BCUT2D eigenvalue weighted by Gasteiger charge is 2.09. The monoisotopic (exact) mass is 289 g/mol. The molecule has 2 unspecified atom stereocenters. The lowest BCUT2D eigenvalue weighted by atomic mass is 10.1. The van der Waals surface area contributed by atoms with Crippen molar-refractivity contribution in [2.45, 2.75) is 52.7 Å². The number of rotatable bonds is 6. The fourth-order valence-corrected chi connectivity index (χ4v) is 2.16. The van der Waals surface area contributed by atoms with Crippen LogP contribution in [0.5, 0.6) is 0 Å². The second-order valence-corrected chi connectivity index (χ2v) is 5.66. The number of nitrogens with zero attached hydrogens (tertiary/aromatic N) is 2. The van der Waals surface area contributed by atoms with Crippen LogP contribution in [0.4, 0.5) is 4.39 Å². The van der Waals surface area contributed by atoms with E-state index in [1.807, 2.05) is 36.0 Å². The smallest absolute Gasteiger partial charge is 0.126 e. The summed E-state index contributed by atoms with van der Waals surface area (Å²) < 4.78 is 15.6. The fraction of sp³-hybridized carbons (Fsp3) is 0.471. The molecule has 0 radical (unpaired) electrons. The summed E-state index contributed by atoms with van der Waals surface area (Å²) >= 11 is 0. The molecular formula is C17H24FN3. The summed E-state index contributed by atoms with van der Waals surface area (Å²) in [6.07, 6.45) is 3.08. The van der Waals surface area contributed by atoms with Crippen molar-refractivity contribution in [2.75, 3.05) is 0 Å². The van der Waals surface area contributed by atoms with E-state index in [9.17, 15) is 4.39 Å². The number of aromatic nitrogens is 2. The van der Waals surface area contributed by atoms with Gasteiger partial charge in [0.1, 0.15) is 5.82 Å². The normalized spacial score (nSPS) is 14.1. The zero-order chi connectivity index (χ0) is 15.4. The van der Waals surface area contributed by atoms with E-state index < -0.39 is 0 Å². The van der Waals surface area contributed by atoms with E-state index in [2.05, 4.69) is 24.3 Å². The molecule has 0 bridgehead atoms. The molecule has 3 nitrogen and oxygen atoms in total. The zero-order valence-corrected chi connectivity index (χ0v) is 13.2. The molecule has 0 aliphatic heterocycles. The van der Waals surface area contributed by atoms with Crippen molar-refractivity contribution in [3.63, 3.8) is 0 Å². The molecule has 0 saturated heterocycles. The van der Waals surface area contributed by atoms with Gasteiger partial charge in [-0.15, -0.1) is 0 Å². The van der Waals surface area contributed by atoms with Gasteiger partial charge in [-0.25, -0.2) is 4.39 Å². The van der Waals surface area contributed by atoms with Crippen LogP contribution in [0.3, 0.4) is 0 Å². The molecule has 0 aliphatic carbocycles. The number of hydrogen-bond donors (Lipinski definition) is 1. The lowest BCUT2D eigenvalue weighted by Crippen LogP contribution is -2.19.